The number of nitriles is 1. The average Bonchev–Trinajstić information content (AvgIpc) is 2.42. The summed E-state index contributed by atoms with van der Waals surface area (Å²) in [7, 11) is 0. The van der Waals surface area contributed by atoms with E-state index in [1.54, 1.807) is 12.1 Å². The molecule has 0 saturated heterocycles. The molecule has 3 rings (SSSR count). The number of carbonyl (C=O) groups is 1. The topological polar surface area (TPSA) is 70.3 Å². The molecule has 2 atom stereocenters. The Hall–Kier alpha value is -2.28. The Kier molecular flexibility index (Phi) is 2.62. The molecule has 0 fully saturated rings. The normalized spacial score (nSPS) is 28.2. The highest BCUT2D eigenvalue weighted by molar-refractivity contribution is 5.87. The number of hydrogen-bond acceptors (Lipinski definition) is 4. The molecule has 0 radical (unpaired) electrons. The number of ether oxygens (including phenoxy) is 1. The highest BCUT2D eigenvalue weighted by atomic mass is 16.5. The molecule has 1 aromatic carbocycles. The number of allylic oxidation sites excluding steroid dienone is 2. The minimum Gasteiger partial charge on any atom is -0.508 e. The van der Waals surface area contributed by atoms with E-state index in [0.717, 1.165) is 11.1 Å². The Morgan fingerprint density at radius 1 is 1.40 bits per heavy atom. The number of hydrogen-bond donors (Lipinski definition) is 1. The molecule has 0 aromatic heterocycles. The molecule has 0 saturated carbocycles. The van der Waals surface area contributed by atoms with Crippen molar-refractivity contribution in [3.05, 3.63) is 34.9 Å². The molecule has 0 unspecified atom stereocenters. The van der Waals surface area contributed by atoms with Crippen molar-refractivity contribution in [1.82, 2.24) is 0 Å². The molecule has 0 bridgehead atoms. The van der Waals surface area contributed by atoms with E-state index >= 15 is 0 Å². The number of benzene rings is 1. The lowest BCUT2D eigenvalue weighted by Gasteiger charge is -2.41. The summed E-state index contributed by atoms with van der Waals surface area (Å²) in [6.45, 7) is 3.98. The van der Waals surface area contributed by atoms with Crippen LogP contribution in [0, 0.1) is 16.7 Å². The van der Waals surface area contributed by atoms with E-state index in [1.807, 2.05) is 13.8 Å². The maximum Gasteiger partial charge on any atom is 0.332 e. The van der Waals surface area contributed by atoms with Gasteiger partial charge in [-0.2, -0.15) is 5.26 Å². The second kappa shape index (κ2) is 4.11. The van der Waals surface area contributed by atoms with E-state index in [0.29, 0.717) is 18.6 Å². The molecule has 20 heavy (non-hydrogen) atoms. The van der Waals surface area contributed by atoms with Gasteiger partial charge in [0.1, 0.15) is 11.5 Å². The minimum absolute atomic E-state index is 0.123. The smallest absolute Gasteiger partial charge is 0.332 e. The molecule has 2 aliphatic rings. The lowest BCUT2D eigenvalue weighted by atomic mass is 9.62. The van der Waals surface area contributed by atoms with Gasteiger partial charge >= 0.3 is 5.97 Å². The molecule has 1 aliphatic carbocycles. The summed E-state index contributed by atoms with van der Waals surface area (Å²) in [6, 6.07) is 6.87. The van der Waals surface area contributed by atoms with Gasteiger partial charge in [-0.15, -0.1) is 0 Å². The summed E-state index contributed by atoms with van der Waals surface area (Å²) in [5.74, 6) is -0.150. The number of phenolic OH excluding ortho intramolecular Hbond substituents is 1. The van der Waals surface area contributed by atoms with Crippen molar-refractivity contribution < 1.29 is 14.6 Å². The van der Waals surface area contributed by atoms with Crippen LogP contribution < -0.4 is 4.74 Å². The van der Waals surface area contributed by atoms with Gasteiger partial charge < -0.3 is 9.84 Å². The van der Waals surface area contributed by atoms with Crippen LogP contribution in [0.1, 0.15) is 38.2 Å². The highest BCUT2D eigenvalue weighted by Gasteiger charge is 2.54. The monoisotopic (exact) mass is 269 g/mol. The summed E-state index contributed by atoms with van der Waals surface area (Å²) in [5.41, 5.74) is 1.86. The van der Waals surface area contributed by atoms with E-state index in [4.69, 9.17) is 4.74 Å². The van der Waals surface area contributed by atoms with Crippen LogP contribution in [0.3, 0.4) is 0 Å². The van der Waals surface area contributed by atoms with Crippen molar-refractivity contribution in [1.29, 1.82) is 5.26 Å². The van der Waals surface area contributed by atoms with E-state index in [-0.39, 0.29) is 11.7 Å². The first-order valence-corrected chi connectivity index (χ1v) is 6.59. The number of rotatable bonds is 0. The molecule has 0 spiro atoms. The highest BCUT2D eigenvalue weighted by Crippen LogP contribution is 2.54. The van der Waals surface area contributed by atoms with E-state index < -0.39 is 11.4 Å². The van der Waals surface area contributed by atoms with Crippen LogP contribution in [0.15, 0.2) is 29.3 Å². The first-order valence-electron chi connectivity index (χ1n) is 6.59. The summed E-state index contributed by atoms with van der Waals surface area (Å²) < 4.78 is 5.34. The third-order valence-electron chi connectivity index (χ3n) is 4.51. The quantitative estimate of drug-likeness (QED) is 0.446. The molecule has 4 heteroatoms. The number of fused-ring (bicyclic) bond motifs is 3. The first kappa shape index (κ1) is 12.7. The van der Waals surface area contributed by atoms with Gasteiger partial charge in [0.2, 0.25) is 0 Å². The van der Waals surface area contributed by atoms with Crippen molar-refractivity contribution >= 4 is 5.97 Å². The fraction of sp³-hybridized carbons (Fsp3) is 0.375. The van der Waals surface area contributed by atoms with Crippen LogP contribution in [-0.4, -0.2) is 11.1 Å². The predicted molar refractivity (Wildman–Crippen MR) is 72.1 cm³/mol. The number of carbonyl (C=O) groups excluding carboxylic acids is 1. The molecule has 1 aliphatic heterocycles. The van der Waals surface area contributed by atoms with Gasteiger partial charge in [-0.25, -0.2) is 4.79 Å². The fourth-order valence-corrected chi connectivity index (χ4v) is 3.19. The Morgan fingerprint density at radius 2 is 2.15 bits per heavy atom. The number of esters is 1. The molecular weight excluding hydrogens is 254 g/mol. The van der Waals surface area contributed by atoms with Crippen LogP contribution >= 0.6 is 0 Å². The summed E-state index contributed by atoms with van der Waals surface area (Å²) in [4.78, 5) is 12.4. The summed E-state index contributed by atoms with van der Waals surface area (Å²) in [6.07, 6.45) is 1.04. The summed E-state index contributed by atoms with van der Waals surface area (Å²) >= 11 is 0. The second-order valence-electron chi connectivity index (χ2n) is 5.69. The van der Waals surface area contributed by atoms with Gasteiger partial charge in [0.25, 0.3) is 0 Å². The van der Waals surface area contributed by atoms with Gasteiger partial charge in [-0.1, -0.05) is 11.1 Å². The Morgan fingerprint density at radius 3 is 2.85 bits per heavy atom. The second-order valence-corrected chi connectivity index (χ2v) is 5.69. The van der Waals surface area contributed by atoms with E-state index in [1.165, 1.54) is 11.6 Å². The summed E-state index contributed by atoms with van der Waals surface area (Å²) in [5, 5.41) is 19.3. The maximum absolute atomic E-state index is 12.4. The lowest BCUT2D eigenvalue weighted by molar-refractivity contribution is -0.146. The molecule has 102 valence electrons. The van der Waals surface area contributed by atoms with Crippen molar-refractivity contribution in [2.75, 3.05) is 0 Å². The van der Waals surface area contributed by atoms with Crippen molar-refractivity contribution in [2.24, 2.45) is 5.41 Å². The Labute approximate surface area is 117 Å². The molecule has 0 amide bonds. The van der Waals surface area contributed by atoms with Crippen LogP contribution in [0.5, 0.6) is 11.5 Å². The standard InChI is InChI=1S/C16H15NO3/c1-9-5-13-12-6-11(18)3-4-14(12)20-15(19)16(13,8-17)7-10(9)2/h3-4,6,13,18H,5,7H2,1-2H3/t13-,16+/m0/s1. The molecule has 4 nitrogen and oxygen atoms in total. The van der Waals surface area contributed by atoms with Gasteiger partial charge in [-0.05, 0) is 44.9 Å². The molecular formula is C16H15NO3. The minimum atomic E-state index is -1.16. The van der Waals surface area contributed by atoms with E-state index in [9.17, 15) is 15.2 Å². The number of phenols is 1. The van der Waals surface area contributed by atoms with Gasteiger partial charge in [0, 0.05) is 11.5 Å². The van der Waals surface area contributed by atoms with Crippen LogP contribution in [0.2, 0.25) is 0 Å². The van der Waals surface area contributed by atoms with Crippen LogP contribution in [0.4, 0.5) is 0 Å². The third-order valence-corrected chi connectivity index (χ3v) is 4.51. The zero-order chi connectivity index (χ0) is 14.5. The number of nitrogens with zero attached hydrogens (tertiary/aromatic N) is 1. The largest absolute Gasteiger partial charge is 0.508 e. The van der Waals surface area contributed by atoms with Crippen molar-refractivity contribution in [3.63, 3.8) is 0 Å². The van der Waals surface area contributed by atoms with Crippen LogP contribution in [0.25, 0.3) is 0 Å². The molecule has 1 N–H and O–H groups in total. The number of aromatic hydroxyl groups is 1. The molecule has 1 aromatic rings. The lowest BCUT2D eigenvalue weighted by Crippen LogP contribution is -2.44. The SMILES string of the molecule is CC1=C(C)C[C@]2(C#N)C(=O)Oc3ccc(O)cc3[C@@H]2C1. The zero-order valence-corrected chi connectivity index (χ0v) is 11.4. The van der Waals surface area contributed by atoms with Gasteiger partial charge in [-0.3, -0.25) is 0 Å². The van der Waals surface area contributed by atoms with Gasteiger partial charge in [0.05, 0.1) is 6.07 Å². The Balaban J connectivity index is 2.23. The van der Waals surface area contributed by atoms with Crippen LogP contribution in [-0.2, 0) is 4.79 Å². The molecule has 1 heterocycles. The third kappa shape index (κ3) is 1.56. The fourth-order valence-electron chi connectivity index (χ4n) is 3.19. The predicted octanol–water partition coefficient (Wildman–Crippen LogP) is 3.03. The maximum atomic E-state index is 12.4. The first-order chi connectivity index (χ1) is 9.48. The van der Waals surface area contributed by atoms with Crippen molar-refractivity contribution in [2.45, 2.75) is 32.6 Å². The van der Waals surface area contributed by atoms with Crippen molar-refractivity contribution in [3.8, 4) is 17.6 Å². The average molecular weight is 269 g/mol. The zero-order valence-electron chi connectivity index (χ0n) is 11.4. The Bertz CT molecular complexity index is 683. The van der Waals surface area contributed by atoms with Gasteiger partial charge in [0.15, 0.2) is 5.41 Å². The van der Waals surface area contributed by atoms with E-state index in [2.05, 4.69) is 6.07 Å².